The topological polar surface area (TPSA) is 74.6 Å². The lowest BCUT2D eigenvalue weighted by atomic mass is 9.86. The molecule has 6 nitrogen and oxygen atoms in total. The number of nitriles is 1. The van der Waals surface area contributed by atoms with Gasteiger partial charge in [0.05, 0.1) is 23.9 Å². The Kier molecular flexibility index (Phi) is 7.42. The van der Waals surface area contributed by atoms with Crippen LogP contribution < -0.4 is 15.0 Å². The summed E-state index contributed by atoms with van der Waals surface area (Å²) in [4.78, 5) is 15.1. The van der Waals surface area contributed by atoms with E-state index in [0.717, 1.165) is 50.1 Å². The van der Waals surface area contributed by atoms with Gasteiger partial charge in [0, 0.05) is 41.5 Å². The Morgan fingerprint density at radius 3 is 2.39 bits per heavy atom. The van der Waals surface area contributed by atoms with Gasteiger partial charge in [-0.15, -0.1) is 0 Å². The van der Waals surface area contributed by atoms with Gasteiger partial charge in [0.1, 0.15) is 11.8 Å². The van der Waals surface area contributed by atoms with E-state index < -0.39 is 0 Å². The van der Waals surface area contributed by atoms with Crippen molar-refractivity contribution in [2.75, 3.05) is 23.3 Å². The molecule has 33 heavy (non-hydrogen) atoms. The molecule has 4 rings (SSSR count). The number of carbonyl (C=O) groups is 1. The highest BCUT2D eigenvalue weighted by Gasteiger charge is 2.28. The van der Waals surface area contributed by atoms with Crippen molar-refractivity contribution in [3.63, 3.8) is 0 Å². The molecule has 1 aliphatic carbocycles. The summed E-state index contributed by atoms with van der Waals surface area (Å²) < 4.78 is 11.8. The number of nitrogens with one attached hydrogen (secondary N) is 1. The molecule has 2 aromatic rings. The molecule has 2 fully saturated rings. The lowest BCUT2D eigenvalue weighted by molar-refractivity contribution is -0.121. The molecular formula is C26H30ClN3O3. The fourth-order valence-corrected chi connectivity index (χ4v) is 4.86. The van der Waals surface area contributed by atoms with Crippen molar-refractivity contribution in [3.8, 4) is 11.8 Å². The Balaban J connectivity index is 1.28. The van der Waals surface area contributed by atoms with Crippen LogP contribution in [0.3, 0.4) is 0 Å². The van der Waals surface area contributed by atoms with E-state index in [-0.39, 0.29) is 30.1 Å². The number of amides is 1. The summed E-state index contributed by atoms with van der Waals surface area (Å²) in [7, 11) is 0. The average molecular weight is 468 g/mol. The van der Waals surface area contributed by atoms with Crippen molar-refractivity contribution in [3.05, 3.63) is 53.1 Å². The average Bonchev–Trinajstić information content (AvgIpc) is 2.79. The standard InChI is InChI=1S/C26H30ClN3O3/c1-17-15-30(16-18(2)32-17)23-9-7-22(8-10-23)29-26(31)19-4-11-24(12-5-19)33-25-13-21(27)6-3-20(25)14-28/h3,6-10,13,17-19,24H,4-5,11-12,15-16H2,1-2H3,(H,29,31)/t17-,18+,19?,24?. The van der Waals surface area contributed by atoms with Crippen LogP contribution in [0.1, 0.15) is 45.1 Å². The smallest absolute Gasteiger partial charge is 0.227 e. The van der Waals surface area contributed by atoms with E-state index in [1.54, 1.807) is 18.2 Å². The molecule has 0 unspecified atom stereocenters. The minimum absolute atomic E-state index is 0.0165. The van der Waals surface area contributed by atoms with Crippen LogP contribution in [0.4, 0.5) is 11.4 Å². The second-order valence-electron chi connectivity index (χ2n) is 9.04. The summed E-state index contributed by atoms with van der Waals surface area (Å²) in [5.74, 6) is 0.526. The molecule has 0 radical (unpaired) electrons. The fraction of sp³-hybridized carbons (Fsp3) is 0.462. The van der Waals surface area contributed by atoms with E-state index in [2.05, 4.69) is 42.3 Å². The van der Waals surface area contributed by atoms with Crippen LogP contribution in [-0.4, -0.2) is 37.3 Å². The van der Waals surface area contributed by atoms with Gasteiger partial charge < -0.3 is 19.7 Å². The number of hydrogen-bond donors (Lipinski definition) is 1. The zero-order valence-corrected chi connectivity index (χ0v) is 19.8. The summed E-state index contributed by atoms with van der Waals surface area (Å²) in [5.41, 5.74) is 2.43. The molecule has 1 amide bonds. The molecule has 7 heteroatoms. The SMILES string of the molecule is C[C@@H]1CN(c2ccc(NC(=O)C3CCC(Oc4cc(Cl)ccc4C#N)CC3)cc2)C[C@H](C)O1. The Morgan fingerprint density at radius 2 is 1.76 bits per heavy atom. The largest absolute Gasteiger partial charge is 0.489 e. The quantitative estimate of drug-likeness (QED) is 0.637. The highest BCUT2D eigenvalue weighted by molar-refractivity contribution is 6.30. The minimum Gasteiger partial charge on any atom is -0.489 e. The Bertz CT molecular complexity index is 1000. The van der Waals surface area contributed by atoms with Crippen LogP contribution in [0.25, 0.3) is 0 Å². The van der Waals surface area contributed by atoms with Crippen LogP contribution in [0.2, 0.25) is 5.02 Å². The molecule has 174 valence electrons. The van der Waals surface area contributed by atoms with E-state index in [1.165, 1.54) is 0 Å². The zero-order valence-electron chi connectivity index (χ0n) is 19.1. The molecule has 1 heterocycles. The number of hydrogen-bond acceptors (Lipinski definition) is 5. The minimum atomic E-state index is -0.0414. The number of rotatable bonds is 5. The molecule has 0 spiro atoms. The van der Waals surface area contributed by atoms with Crippen molar-refractivity contribution in [2.24, 2.45) is 5.92 Å². The van der Waals surface area contributed by atoms with Crippen molar-refractivity contribution in [1.29, 1.82) is 5.26 Å². The van der Waals surface area contributed by atoms with E-state index in [9.17, 15) is 10.1 Å². The molecular weight excluding hydrogens is 438 g/mol. The summed E-state index contributed by atoms with van der Waals surface area (Å²) in [6.45, 7) is 5.92. The van der Waals surface area contributed by atoms with Crippen LogP contribution in [0.5, 0.6) is 5.75 Å². The van der Waals surface area contributed by atoms with Gasteiger partial charge in [-0.1, -0.05) is 11.6 Å². The van der Waals surface area contributed by atoms with E-state index in [1.807, 2.05) is 12.1 Å². The maximum Gasteiger partial charge on any atom is 0.227 e. The van der Waals surface area contributed by atoms with Gasteiger partial charge >= 0.3 is 0 Å². The summed E-state index contributed by atoms with van der Waals surface area (Å²) in [5, 5.41) is 12.9. The summed E-state index contributed by atoms with van der Waals surface area (Å²) in [6, 6.07) is 15.2. The maximum absolute atomic E-state index is 12.8. The zero-order chi connectivity index (χ0) is 23.4. The predicted octanol–water partition coefficient (Wildman–Crippen LogP) is 5.40. The van der Waals surface area contributed by atoms with Gasteiger partial charge in [-0.3, -0.25) is 4.79 Å². The van der Waals surface area contributed by atoms with Crippen LogP contribution in [0, 0.1) is 17.2 Å². The molecule has 2 aromatic carbocycles. The summed E-state index contributed by atoms with van der Waals surface area (Å²) >= 11 is 6.05. The Hall–Kier alpha value is -2.75. The Morgan fingerprint density at radius 1 is 1.09 bits per heavy atom. The number of ether oxygens (including phenoxy) is 2. The molecule has 1 aliphatic heterocycles. The third-order valence-corrected chi connectivity index (χ3v) is 6.56. The lowest BCUT2D eigenvalue weighted by Gasteiger charge is -2.36. The number of anilines is 2. The second kappa shape index (κ2) is 10.5. The first-order valence-corrected chi connectivity index (χ1v) is 12.0. The molecule has 1 saturated heterocycles. The van der Waals surface area contributed by atoms with Gasteiger partial charge in [0.2, 0.25) is 5.91 Å². The van der Waals surface area contributed by atoms with E-state index in [0.29, 0.717) is 16.3 Å². The third-order valence-electron chi connectivity index (χ3n) is 6.32. The number of halogens is 1. The third kappa shape index (κ3) is 5.98. The van der Waals surface area contributed by atoms with E-state index in [4.69, 9.17) is 21.1 Å². The van der Waals surface area contributed by atoms with Crippen LogP contribution in [0.15, 0.2) is 42.5 Å². The molecule has 2 atom stereocenters. The Labute approximate surface area is 200 Å². The second-order valence-corrected chi connectivity index (χ2v) is 9.48. The van der Waals surface area contributed by atoms with Gasteiger partial charge in [-0.2, -0.15) is 5.26 Å². The first-order valence-electron chi connectivity index (χ1n) is 11.6. The first kappa shape index (κ1) is 23.4. The number of carbonyl (C=O) groups excluding carboxylic acids is 1. The van der Waals surface area contributed by atoms with Crippen molar-refractivity contribution >= 4 is 28.9 Å². The number of benzene rings is 2. The molecule has 2 aliphatic rings. The van der Waals surface area contributed by atoms with E-state index >= 15 is 0 Å². The molecule has 0 aromatic heterocycles. The van der Waals surface area contributed by atoms with Crippen LogP contribution in [-0.2, 0) is 9.53 Å². The van der Waals surface area contributed by atoms with Gasteiger partial charge in [-0.25, -0.2) is 0 Å². The predicted molar refractivity (Wildman–Crippen MR) is 130 cm³/mol. The maximum atomic E-state index is 12.8. The van der Waals surface area contributed by atoms with Crippen molar-refractivity contribution in [2.45, 2.75) is 57.8 Å². The fourth-order valence-electron chi connectivity index (χ4n) is 4.70. The first-order chi connectivity index (χ1) is 15.9. The normalized spacial score (nSPS) is 25.2. The molecule has 0 bridgehead atoms. The van der Waals surface area contributed by atoms with Gasteiger partial charge in [0.15, 0.2) is 0 Å². The summed E-state index contributed by atoms with van der Waals surface area (Å²) in [6.07, 6.45) is 3.43. The molecule has 1 saturated carbocycles. The van der Waals surface area contributed by atoms with Crippen molar-refractivity contribution < 1.29 is 14.3 Å². The van der Waals surface area contributed by atoms with Gasteiger partial charge in [0.25, 0.3) is 0 Å². The van der Waals surface area contributed by atoms with Crippen LogP contribution >= 0.6 is 11.6 Å². The van der Waals surface area contributed by atoms with Crippen molar-refractivity contribution in [1.82, 2.24) is 0 Å². The number of nitrogens with zero attached hydrogens (tertiary/aromatic N) is 2. The number of morpholine rings is 1. The highest BCUT2D eigenvalue weighted by Crippen LogP contribution is 2.31. The molecule has 1 N–H and O–H groups in total. The lowest BCUT2D eigenvalue weighted by Crippen LogP contribution is -2.45. The monoisotopic (exact) mass is 467 g/mol. The van der Waals surface area contributed by atoms with Gasteiger partial charge in [-0.05, 0) is 75.9 Å². The highest BCUT2D eigenvalue weighted by atomic mass is 35.5.